The van der Waals surface area contributed by atoms with Crippen molar-refractivity contribution in [3.05, 3.63) is 54.2 Å². The van der Waals surface area contributed by atoms with Crippen LogP contribution in [0.15, 0.2) is 48.5 Å². The summed E-state index contributed by atoms with van der Waals surface area (Å²) < 4.78 is 6.26. The zero-order valence-corrected chi connectivity index (χ0v) is 17.8. The molecule has 3 N–H and O–H groups in total. The first-order valence-corrected chi connectivity index (χ1v) is 10.7. The second-order valence-corrected chi connectivity index (χ2v) is 8.30. The number of piperidine rings is 1. The molecule has 2 aliphatic rings. The van der Waals surface area contributed by atoms with Gasteiger partial charge in [0.25, 0.3) is 5.91 Å². The molecule has 2 aliphatic heterocycles. The molecule has 1 aromatic heterocycles. The zero-order chi connectivity index (χ0) is 21.8. The third-order valence-corrected chi connectivity index (χ3v) is 6.06. The lowest BCUT2D eigenvalue weighted by atomic mass is 9.88. The van der Waals surface area contributed by atoms with Gasteiger partial charge < -0.3 is 20.3 Å². The fourth-order valence-corrected chi connectivity index (χ4v) is 4.42. The molecule has 164 valence electrons. The molecule has 2 saturated heterocycles. The zero-order valence-electron chi connectivity index (χ0n) is 17.8. The van der Waals surface area contributed by atoms with E-state index in [4.69, 9.17) is 10.5 Å². The van der Waals surface area contributed by atoms with Crippen LogP contribution in [0.4, 0.5) is 16.3 Å². The number of pyridine rings is 1. The minimum absolute atomic E-state index is 0.0229. The van der Waals surface area contributed by atoms with Crippen LogP contribution in [0.1, 0.15) is 25.5 Å². The summed E-state index contributed by atoms with van der Waals surface area (Å²) in [5.41, 5.74) is 6.70. The van der Waals surface area contributed by atoms with Gasteiger partial charge in [0.05, 0.1) is 12.1 Å². The van der Waals surface area contributed by atoms with Gasteiger partial charge in [-0.15, -0.1) is 0 Å². The van der Waals surface area contributed by atoms with Gasteiger partial charge in [-0.25, -0.2) is 9.78 Å². The summed E-state index contributed by atoms with van der Waals surface area (Å²) in [6, 6.07) is 14.8. The first-order valence-electron chi connectivity index (χ1n) is 10.7. The van der Waals surface area contributed by atoms with Crippen molar-refractivity contribution in [1.82, 2.24) is 9.88 Å². The van der Waals surface area contributed by atoms with E-state index >= 15 is 0 Å². The van der Waals surface area contributed by atoms with Gasteiger partial charge in [-0.3, -0.25) is 10.1 Å². The molecular formula is C23H29N5O3. The molecule has 1 spiro atoms. The van der Waals surface area contributed by atoms with Gasteiger partial charge in [0.15, 0.2) is 0 Å². The summed E-state index contributed by atoms with van der Waals surface area (Å²) >= 11 is 0. The number of nitrogens with two attached hydrogens (primary N) is 1. The number of morpholine rings is 1. The number of rotatable bonds is 5. The Bertz CT molecular complexity index is 928. The number of carbonyl (C=O) groups is 2. The monoisotopic (exact) mass is 423 g/mol. The summed E-state index contributed by atoms with van der Waals surface area (Å²) in [7, 11) is 0. The number of aromatic nitrogens is 1. The molecule has 0 radical (unpaired) electrons. The van der Waals surface area contributed by atoms with Crippen molar-refractivity contribution in [1.29, 1.82) is 0 Å². The van der Waals surface area contributed by atoms with Crippen molar-refractivity contribution in [3.63, 3.8) is 0 Å². The van der Waals surface area contributed by atoms with Crippen LogP contribution in [0.25, 0.3) is 0 Å². The highest BCUT2D eigenvalue weighted by Crippen LogP contribution is 2.35. The van der Waals surface area contributed by atoms with Crippen molar-refractivity contribution >= 4 is 23.4 Å². The molecule has 3 amide bonds. The van der Waals surface area contributed by atoms with E-state index < -0.39 is 12.1 Å². The molecule has 0 aliphatic carbocycles. The highest BCUT2D eigenvalue weighted by molar-refractivity contribution is 5.97. The SMILES string of the molecule is CC1OC2(CCN(CCc3cccc(NC(N)=O)n3)CC2)CN(c2ccccc2)C1=O. The average molecular weight is 424 g/mol. The van der Waals surface area contributed by atoms with Crippen molar-refractivity contribution in [2.75, 3.05) is 36.4 Å². The lowest BCUT2D eigenvalue weighted by Gasteiger charge is -2.49. The first kappa shape index (κ1) is 21.3. The maximum Gasteiger partial charge on any atom is 0.317 e. The molecule has 8 nitrogen and oxygen atoms in total. The van der Waals surface area contributed by atoms with Crippen LogP contribution in [-0.4, -0.2) is 59.7 Å². The van der Waals surface area contributed by atoms with Crippen LogP contribution in [-0.2, 0) is 16.0 Å². The molecule has 1 unspecified atom stereocenters. The van der Waals surface area contributed by atoms with Gasteiger partial charge in [-0.2, -0.15) is 0 Å². The molecular weight excluding hydrogens is 394 g/mol. The minimum Gasteiger partial charge on any atom is -0.360 e. The summed E-state index contributed by atoms with van der Waals surface area (Å²) in [5, 5.41) is 2.51. The van der Waals surface area contributed by atoms with Crippen LogP contribution in [0.2, 0.25) is 0 Å². The van der Waals surface area contributed by atoms with E-state index in [0.717, 1.165) is 50.3 Å². The van der Waals surface area contributed by atoms with E-state index in [1.807, 2.05) is 54.3 Å². The number of anilines is 2. The summed E-state index contributed by atoms with van der Waals surface area (Å²) in [5.74, 6) is 0.493. The Balaban J connectivity index is 1.34. The molecule has 8 heteroatoms. The Labute approximate surface area is 182 Å². The summed E-state index contributed by atoms with van der Waals surface area (Å²) in [6.07, 6.45) is 2.10. The Morgan fingerprint density at radius 3 is 2.65 bits per heavy atom. The number of carbonyl (C=O) groups excluding carboxylic acids is 2. The van der Waals surface area contributed by atoms with Crippen molar-refractivity contribution < 1.29 is 14.3 Å². The standard InChI is InChI=1S/C23H29N5O3/c1-17-21(29)28(19-7-3-2-4-8-19)16-23(31-17)11-14-27(15-12-23)13-10-18-6-5-9-20(25-18)26-22(24)30/h2-9,17H,10-16H2,1H3,(H3,24,25,26,30). The van der Waals surface area contributed by atoms with Gasteiger partial charge in [0, 0.05) is 37.4 Å². The second kappa shape index (κ2) is 9.03. The topological polar surface area (TPSA) is 101 Å². The van der Waals surface area contributed by atoms with E-state index in [9.17, 15) is 9.59 Å². The van der Waals surface area contributed by atoms with Gasteiger partial charge in [0.1, 0.15) is 11.9 Å². The minimum atomic E-state index is -0.615. The fraction of sp³-hybridized carbons (Fsp3) is 0.435. The van der Waals surface area contributed by atoms with E-state index in [2.05, 4.69) is 15.2 Å². The number of ether oxygens (including phenoxy) is 1. The Kier molecular flexibility index (Phi) is 6.20. The predicted molar refractivity (Wildman–Crippen MR) is 119 cm³/mol. The number of benzene rings is 1. The smallest absolute Gasteiger partial charge is 0.317 e. The Hall–Kier alpha value is -2.97. The molecule has 31 heavy (non-hydrogen) atoms. The Morgan fingerprint density at radius 1 is 1.19 bits per heavy atom. The highest BCUT2D eigenvalue weighted by atomic mass is 16.5. The number of nitrogens with one attached hydrogen (secondary N) is 1. The summed E-state index contributed by atoms with van der Waals surface area (Å²) in [4.78, 5) is 32.5. The summed E-state index contributed by atoms with van der Waals surface area (Å²) in [6.45, 7) is 5.13. The lowest BCUT2D eigenvalue weighted by Crippen LogP contribution is -2.61. The average Bonchev–Trinajstić information content (AvgIpc) is 2.76. The lowest BCUT2D eigenvalue weighted by molar-refractivity contribution is -0.161. The molecule has 3 heterocycles. The number of likely N-dealkylation sites (tertiary alicyclic amines) is 1. The normalized spacial score (nSPS) is 21.3. The van der Waals surface area contributed by atoms with Gasteiger partial charge in [0.2, 0.25) is 0 Å². The number of para-hydroxylation sites is 1. The van der Waals surface area contributed by atoms with Crippen LogP contribution < -0.4 is 16.0 Å². The van der Waals surface area contributed by atoms with Crippen LogP contribution in [0, 0.1) is 0 Å². The van der Waals surface area contributed by atoms with Gasteiger partial charge in [-0.1, -0.05) is 24.3 Å². The van der Waals surface area contributed by atoms with Crippen LogP contribution in [0.5, 0.6) is 0 Å². The number of primary amides is 1. The molecule has 0 saturated carbocycles. The molecule has 2 aromatic rings. The van der Waals surface area contributed by atoms with Gasteiger partial charge in [-0.05, 0) is 44.0 Å². The largest absolute Gasteiger partial charge is 0.360 e. The second-order valence-electron chi connectivity index (χ2n) is 8.30. The molecule has 1 atom stereocenters. The number of hydrogen-bond acceptors (Lipinski definition) is 5. The highest BCUT2D eigenvalue weighted by Gasteiger charge is 2.45. The number of amides is 3. The van der Waals surface area contributed by atoms with Crippen LogP contribution >= 0.6 is 0 Å². The van der Waals surface area contributed by atoms with Crippen molar-refractivity contribution in [3.8, 4) is 0 Å². The third-order valence-electron chi connectivity index (χ3n) is 6.06. The van der Waals surface area contributed by atoms with Crippen molar-refractivity contribution in [2.24, 2.45) is 5.73 Å². The van der Waals surface area contributed by atoms with E-state index in [-0.39, 0.29) is 11.5 Å². The van der Waals surface area contributed by atoms with Crippen LogP contribution in [0.3, 0.4) is 0 Å². The predicted octanol–water partition coefficient (Wildman–Crippen LogP) is 2.40. The quantitative estimate of drug-likeness (QED) is 0.769. The third kappa shape index (κ3) is 5.03. The first-order chi connectivity index (χ1) is 14.9. The molecule has 2 fully saturated rings. The molecule has 1 aromatic carbocycles. The van der Waals surface area contributed by atoms with E-state index in [1.54, 1.807) is 6.07 Å². The van der Waals surface area contributed by atoms with E-state index in [1.165, 1.54) is 0 Å². The number of nitrogens with zero attached hydrogens (tertiary/aromatic N) is 3. The molecule has 4 rings (SSSR count). The van der Waals surface area contributed by atoms with E-state index in [0.29, 0.717) is 12.4 Å². The maximum absolute atomic E-state index is 12.7. The number of urea groups is 1. The number of hydrogen-bond donors (Lipinski definition) is 2. The Morgan fingerprint density at radius 2 is 1.94 bits per heavy atom. The fourth-order valence-electron chi connectivity index (χ4n) is 4.42. The van der Waals surface area contributed by atoms with Crippen molar-refractivity contribution in [2.45, 2.75) is 37.9 Å². The van der Waals surface area contributed by atoms with Gasteiger partial charge >= 0.3 is 6.03 Å². The molecule has 0 bridgehead atoms. The maximum atomic E-state index is 12.7.